The zero-order chi connectivity index (χ0) is 19.8. The number of furan rings is 1. The van der Waals surface area contributed by atoms with E-state index in [1.807, 2.05) is 54.6 Å². The van der Waals surface area contributed by atoms with E-state index in [0.717, 1.165) is 16.8 Å². The number of hydrogen-bond donors (Lipinski definition) is 1. The van der Waals surface area contributed by atoms with Gasteiger partial charge in [0, 0.05) is 12.2 Å². The molecule has 0 saturated carbocycles. The average Bonchev–Trinajstić information content (AvgIpc) is 3.26. The topological polar surface area (TPSA) is 62.6 Å². The van der Waals surface area contributed by atoms with Gasteiger partial charge in [-0.1, -0.05) is 48.5 Å². The molecule has 28 heavy (non-hydrogen) atoms. The van der Waals surface area contributed by atoms with Crippen molar-refractivity contribution in [3.05, 3.63) is 103 Å². The Morgan fingerprint density at radius 3 is 2.36 bits per heavy atom. The number of anilines is 1. The maximum Gasteiger partial charge on any atom is 0.294 e. The van der Waals surface area contributed by atoms with E-state index in [2.05, 4.69) is 11.9 Å². The van der Waals surface area contributed by atoms with E-state index < -0.39 is 0 Å². The maximum absolute atomic E-state index is 13.0. The van der Waals surface area contributed by atoms with Gasteiger partial charge in [0.05, 0.1) is 19.2 Å². The number of amides is 2. The molecule has 3 rings (SSSR count). The van der Waals surface area contributed by atoms with E-state index in [1.54, 1.807) is 23.1 Å². The fourth-order valence-electron chi connectivity index (χ4n) is 2.81. The lowest BCUT2D eigenvalue weighted by atomic mass is 10.1. The molecule has 0 aliphatic heterocycles. The number of benzene rings is 2. The summed E-state index contributed by atoms with van der Waals surface area (Å²) in [4.78, 5) is 26.5. The van der Waals surface area contributed by atoms with Crippen molar-refractivity contribution in [3.8, 4) is 0 Å². The third kappa shape index (κ3) is 4.98. The number of rotatable bonds is 8. The molecule has 0 unspecified atom stereocenters. The molecule has 2 aromatic carbocycles. The zero-order valence-corrected chi connectivity index (χ0v) is 15.5. The smallest absolute Gasteiger partial charge is 0.294 e. The Morgan fingerprint density at radius 1 is 0.964 bits per heavy atom. The first kappa shape index (κ1) is 19.2. The highest BCUT2D eigenvalue weighted by molar-refractivity contribution is 6.04. The Balaban J connectivity index is 1.80. The summed E-state index contributed by atoms with van der Waals surface area (Å²) in [6.45, 7) is 4.44. The number of carbonyl (C=O) groups excluding carboxylic acids is 2. The summed E-state index contributed by atoms with van der Waals surface area (Å²) >= 11 is 0. The number of carbonyl (C=O) groups is 2. The summed E-state index contributed by atoms with van der Waals surface area (Å²) < 4.78 is 5.30. The summed E-state index contributed by atoms with van der Waals surface area (Å²) in [6.07, 6.45) is 3.40. The van der Waals surface area contributed by atoms with E-state index in [-0.39, 0.29) is 24.0 Å². The minimum Gasteiger partial charge on any atom is -0.459 e. The van der Waals surface area contributed by atoms with Gasteiger partial charge in [0.2, 0.25) is 5.91 Å². The molecule has 0 aliphatic carbocycles. The van der Waals surface area contributed by atoms with Crippen molar-refractivity contribution in [1.82, 2.24) is 5.32 Å². The van der Waals surface area contributed by atoms with Crippen LogP contribution in [0.25, 0.3) is 0 Å². The quantitative estimate of drug-likeness (QED) is 0.607. The fourth-order valence-corrected chi connectivity index (χ4v) is 2.81. The van der Waals surface area contributed by atoms with Gasteiger partial charge in [-0.25, -0.2) is 0 Å². The molecule has 142 valence electrons. The normalized spacial score (nSPS) is 10.3. The van der Waals surface area contributed by atoms with Crippen LogP contribution in [0.4, 0.5) is 5.69 Å². The summed E-state index contributed by atoms with van der Waals surface area (Å²) in [7, 11) is 0. The van der Waals surface area contributed by atoms with E-state index in [4.69, 9.17) is 4.42 Å². The highest BCUT2D eigenvalue weighted by Gasteiger charge is 2.20. The number of nitrogens with one attached hydrogen (secondary N) is 1. The van der Waals surface area contributed by atoms with Crippen LogP contribution in [0.5, 0.6) is 0 Å². The number of nitrogens with zero attached hydrogens (tertiary/aromatic N) is 1. The molecule has 1 N–H and O–H groups in total. The van der Waals surface area contributed by atoms with Gasteiger partial charge in [-0.2, -0.15) is 0 Å². The summed E-state index contributed by atoms with van der Waals surface area (Å²) in [6, 6.07) is 20.5. The van der Waals surface area contributed by atoms with Crippen LogP contribution in [-0.4, -0.2) is 18.4 Å². The monoisotopic (exact) mass is 374 g/mol. The first-order valence-electron chi connectivity index (χ1n) is 9.03. The summed E-state index contributed by atoms with van der Waals surface area (Å²) in [5.41, 5.74) is 2.62. The molecule has 3 aromatic rings. The molecule has 0 atom stereocenters. The zero-order valence-electron chi connectivity index (χ0n) is 15.5. The first-order valence-corrected chi connectivity index (χ1v) is 9.03. The van der Waals surface area contributed by atoms with Crippen LogP contribution in [0, 0.1) is 0 Å². The SMILES string of the molecule is C=CCNC(=O)Cc1ccc(N(Cc2ccccc2)C(=O)c2ccco2)cc1. The molecule has 5 nitrogen and oxygen atoms in total. The highest BCUT2D eigenvalue weighted by Crippen LogP contribution is 2.21. The molecule has 1 aromatic heterocycles. The van der Waals surface area contributed by atoms with Crippen molar-refractivity contribution in [3.63, 3.8) is 0 Å². The van der Waals surface area contributed by atoms with Crippen molar-refractivity contribution in [2.45, 2.75) is 13.0 Å². The third-order valence-electron chi connectivity index (χ3n) is 4.22. The second-order valence-corrected chi connectivity index (χ2v) is 6.29. The molecule has 0 saturated heterocycles. The van der Waals surface area contributed by atoms with Gasteiger partial charge in [-0.15, -0.1) is 6.58 Å². The van der Waals surface area contributed by atoms with Crippen LogP contribution in [0.15, 0.2) is 90.1 Å². The lowest BCUT2D eigenvalue weighted by Crippen LogP contribution is -2.30. The average molecular weight is 374 g/mol. The maximum atomic E-state index is 13.0. The van der Waals surface area contributed by atoms with Gasteiger partial charge in [-0.3, -0.25) is 9.59 Å². The summed E-state index contributed by atoms with van der Waals surface area (Å²) in [5, 5.41) is 2.75. The lowest BCUT2D eigenvalue weighted by Gasteiger charge is -2.22. The molecular formula is C23H22N2O3. The molecule has 1 heterocycles. The highest BCUT2D eigenvalue weighted by atomic mass is 16.3. The Kier molecular flexibility index (Phi) is 6.41. The molecule has 0 spiro atoms. The van der Waals surface area contributed by atoms with E-state index >= 15 is 0 Å². The molecule has 0 radical (unpaired) electrons. The van der Waals surface area contributed by atoms with Gasteiger partial charge in [-0.05, 0) is 35.4 Å². The largest absolute Gasteiger partial charge is 0.459 e. The Labute approximate surface area is 164 Å². The predicted octanol–water partition coefficient (Wildman–Crippen LogP) is 3.97. The molecule has 5 heteroatoms. The van der Waals surface area contributed by atoms with Crippen molar-refractivity contribution in [2.24, 2.45) is 0 Å². The Hall–Kier alpha value is -3.60. The predicted molar refractivity (Wildman–Crippen MR) is 109 cm³/mol. The standard InChI is InChI=1S/C23H22N2O3/c1-2-14-24-22(26)16-18-10-12-20(13-11-18)25(17-19-7-4-3-5-8-19)23(27)21-9-6-15-28-21/h2-13,15H,1,14,16-17H2,(H,24,26). The van der Waals surface area contributed by atoms with Gasteiger partial charge in [0.15, 0.2) is 5.76 Å². The van der Waals surface area contributed by atoms with Crippen LogP contribution in [0.1, 0.15) is 21.7 Å². The van der Waals surface area contributed by atoms with Crippen LogP contribution in [0.3, 0.4) is 0 Å². The van der Waals surface area contributed by atoms with Crippen molar-refractivity contribution in [1.29, 1.82) is 0 Å². The first-order chi connectivity index (χ1) is 13.7. The summed E-state index contributed by atoms with van der Waals surface area (Å²) in [5.74, 6) is -0.00501. The van der Waals surface area contributed by atoms with Gasteiger partial charge in [0.25, 0.3) is 5.91 Å². The van der Waals surface area contributed by atoms with E-state index in [0.29, 0.717) is 13.1 Å². The van der Waals surface area contributed by atoms with Crippen LogP contribution >= 0.6 is 0 Å². The van der Waals surface area contributed by atoms with Gasteiger partial charge >= 0.3 is 0 Å². The van der Waals surface area contributed by atoms with Gasteiger partial charge in [0.1, 0.15) is 0 Å². The second-order valence-electron chi connectivity index (χ2n) is 6.29. The molecule has 2 amide bonds. The molecule has 0 bridgehead atoms. The van der Waals surface area contributed by atoms with Crippen molar-refractivity contribution >= 4 is 17.5 Å². The van der Waals surface area contributed by atoms with Crippen LogP contribution in [-0.2, 0) is 17.8 Å². The molecular weight excluding hydrogens is 352 g/mol. The minimum absolute atomic E-state index is 0.0690. The van der Waals surface area contributed by atoms with Crippen molar-refractivity contribution < 1.29 is 14.0 Å². The van der Waals surface area contributed by atoms with Crippen LogP contribution < -0.4 is 10.2 Å². The lowest BCUT2D eigenvalue weighted by molar-refractivity contribution is -0.120. The number of hydrogen-bond acceptors (Lipinski definition) is 3. The van der Waals surface area contributed by atoms with E-state index in [1.165, 1.54) is 6.26 Å². The Bertz CT molecular complexity index is 916. The molecule has 0 aliphatic rings. The third-order valence-corrected chi connectivity index (χ3v) is 4.22. The van der Waals surface area contributed by atoms with Crippen molar-refractivity contribution in [2.75, 3.05) is 11.4 Å². The fraction of sp³-hybridized carbons (Fsp3) is 0.130. The van der Waals surface area contributed by atoms with Gasteiger partial charge < -0.3 is 14.6 Å². The van der Waals surface area contributed by atoms with E-state index in [9.17, 15) is 9.59 Å². The molecule has 0 fully saturated rings. The minimum atomic E-state index is -0.217. The Morgan fingerprint density at radius 2 is 1.71 bits per heavy atom. The van der Waals surface area contributed by atoms with Crippen LogP contribution in [0.2, 0.25) is 0 Å². The second kappa shape index (κ2) is 9.37.